The second-order valence-corrected chi connectivity index (χ2v) is 6.99. The summed E-state index contributed by atoms with van der Waals surface area (Å²) in [6.07, 6.45) is 3.61. The Morgan fingerprint density at radius 3 is 2.53 bits per heavy atom. The summed E-state index contributed by atoms with van der Waals surface area (Å²) in [7, 11) is 1.31. The molecule has 0 atom stereocenters. The number of aromatic nitrogens is 1. The Labute approximate surface area is 113 Å². The minimum Gasteiger partial charge on any atom is -0.381 e. The van der Waals surface area contributed by atoms with Crippen molar-refractivity contribution >= 4 is 15.8 Å². The number of anilines is 1. The van der Waals surface area contributed by atoms with E-state index in [9.17, 15) is 8.42 Å². The van der Waals surface area contributed by atoms with Gasteiger partial charge < -0.3 is 10.1 Å². The molecule has 0 aromatic carbocycles. The molecule has 1 aromatic heterocycles. The predicted octanol–water partition coefficient (Wildman–Crippen LogP) is 0.921. The van der Waals surface area contributed by atoms with Crippen molar-refractivity contribution < 1.29 is 13.2 Å². The highest BCUT2D eigenvalue weighted by Crippen LogP contribution is 2.25. The second kappa shape index (κ2) is 5.44. The molecule has 6 nitrogen and oxygen atoms in total. The highest BCUT2D eigenvalue weighted by molar-refractivity contribution is 7.89. The van der Waals surface area contributed by atoms with Crippen LogP contribution in [0.2, 0.25) is 0 Å². The third-order valence-electron chi connectivity index (χ3n) is 3.30. The Morgan fingerprint density at radius 2 is 2.05 bits per heavy atom. The zero-order chi connectivity index (χ0) is 14.0. The van der Waals surface area contributed by atoms with E-state index >= 15 is 0 Å². The lowest BCUT2D eigenvalue weighted by molar-refractivity contribution is 0.0328. The Kier molecular flexibility index (Phi) is 4.07. The van der Waals surface area contributed by atoms with Gasteiger partial charge in [0.25, 0.3) is 0 Å². The number of methoxy groups -OCH3 is 1. The normalized spacial score (nSPS) is 23.2. The standard InChI is InChI=1S/C12H19N3O3S/c1-15(2)19(16,17)11-4-5-12(13-8-11)14-9-6-10(7-9)18-3/h4-5,8-10H,6-7H2,1-3H3,(H,13,14). The van der Waals surface area contributed by atoms with E-state index in [0.717, 1.165) is 12.8 Å². The number of pyridine rings is 1. The fourth-order valence-electron chi connectivity index (χ4n) is 1.91. The molecule has 1 aliphatic carbocycles. The molecule has 0 saturated heterocycles. The van der Waals surface area contributed by atoms with Crippen LogP contribution in [0.25, 0.3) is 0 Å². The van der Waals surface area contributed by atoms with E-state index in [4.69, 9.17) is 4.74 Å². The van der Waals surface area contributed by atoms with Gasteiger partial charge in [-0.1, -0.05) is 0 Å². The Morgan fingerprint density at radius 1 is 1.37 bits per heavy atom. The lowest BCUT2D eigenvalue weighted by Gasteiger charge is -2.34. The number of ether oxygens (including phenoxy) is 1. The van der Waals surface area contributed by atoms with Crippen molar-refractivity contribution in [3.05, 3.63) is 18.3 Å². The molecule has 1 heterocycles. The van der Waals surface area contributed by atoms with E-state index in [1.807, 2.05) is 0 Å². The number of nitrogens with one attached hydrogen (secondary N) is 1. The molecule has 0 amide bonds. The summed E-state index contributed by atoms with van der Waals surface area (Å²) in [5.74, 6) is 0.692. The van der Waals surface area contributed by atoms with E-state index in [-0.39, 0.29) is 4.90 Å². The van der Waals surface area contributed by atoms with Crippen molar-refractivity contribution in [2.75, 3.05) is 26.5 Å². The van der Waals surface area contributed by atoms with Crippen molar-refractivity contribution in [2.45, 2.75) is 29.9 Å². The molecule has 1 aromatic rings. The van der Waals surface area contributed by atoms with Crippen molar-refractivity contribution in [3.63, 3.8) is 0 Å². The highest BCUT2D eigenvalue weighted by Gasteiger charge is 2.29. The highest BCUT2D eigenvalue weighted by atomic mass is 32.2. The largest absolute Gasteiger partial charge is 0.381 e. The Balaban J connectivity index is 2.00. The van der Waals surface area contributed by atoms with Gasteiger partial charge in [-0.15, -0.1) is 0 Å². The first-order chi connectivity index (χ1) is 8.93. The van der Waals surface area contributed by atoms with Gasteiger partial charge in [0.2, 0.25) is 10.0 Å². The summed E-state index contributed by atoms with van der Waals surface area (Å²) in [4.78, 5) is 4.34. The van der Waals surface area contributed by atoms with Crippen LogP contribution in [0, 0.1) is 0 Å². The first-order valence-electron chi connectivity index (χ1n) is 6.11. The van der Waals surface area contributed by atoms with Crippen LogP contribution in [0.3, 0.4) is 0 Å². The zero-order valence-electron chi connectivity index (χ0n) is 11.3. The third-order valence-corrected chi connectivity index (χ3v) is 5.09. The lowest BCUT2D eigenvalue weighted by atomic mass is 9.89. The molecular formula is C12H19N3O3S. The summed E-state index contributed by atoms with van der Waals surface area (Å²) in [5.41, 5.74) is 0. The molecule has 1 saturated carbocycles. The SMILES string of the molecule is COC1CC(Nc2ccc(S(=O)(=O)N(C)C)cn2)C1. The first-order valence-corrected chi connectivity index (χ1v) is 7.55. The Hall–Kier alpha value is -1.18. The predicted molar refractivity (Wildman–Crippen MR) is 72.6 cm³/mol. The molecule has 0 aliphatic heterocycles. The number of nitrogens with zero attached hydrogens (tertiary/aromatic N) is 2. The van der Waals surface area contributed by atoms with Gasteiger partial charge in [0.15, 0.2) is 0 Å². The quantitative estimate of drug-likeness (QED) is 0.871. The zero-order valence-corrected chi connectivity index (χ0v) is 12.1. The van der Waals surface area contributed by atoms with Crippen molar-refractivity contribution in [3.8, 4) is 0 Å². The fraction of sp³-hybridized carbons (Fsp3) is 0.583. The van der Waals surface area contributed by atoms with Gasteiger partial charge in [0.05, 0.1) is 6.10 Å². The van der Waals surface area contributed by atoms with Gasteiger partial charge >= 0.3 is 0 Å². The molecule has 0 unspecified atom stereocenters. The second-order valence-electron chi connectivity index (χ2n) is 4.84. The number of sulfonamides is 1. The molecule has 0 radical (unpaired) electrons. The van der Waals surface area contributed by atoms with E-state index in [1.165, 1.54) is 24.6 Å². The van der Waals surface area contributed by atoms with E-state index in [1.54, 1.807) is 19.2 Å². The van der Waals surface area contributed by atoms with Crippen LogP contribution < -0.4 is 5.32 Å². The monoisotopic (exact) mass is 285 g/mol. The molecule has 0 bridgehead atoms. The van der Waals surface area contributed by atoms with E-state index < -0.39 is 10.0 Å². The maximum absolute atomic E-state index is 11.9. The third kappa shape index (κ3) is 3.05. The van der Waals surface area contributed by atoms with Crippen molar-refractivity contribution in [1.82, 2.24) is 9.29 Å². The van der Waals surface area contributed by atoms with Gasteiger partial charge in [-0.25, -0.2) is 17.7 Å². The fourth-order valence-corrected chi connectivity index (χ4v) is 2.76. The van der Waals surface area contributed by atoms with Crippen LogP contribution in [0.1, 0.15) is 12.8 Å². The maximum atomic E-state index is 11.9. The van der Waals surface area contributed by atoms with Crippen LogP contribution in [0.5, 0.6) is 0 Å². The maximum Gasteiger partial charge on any atom is 0.244 e. The number of hydrogen-bond acceptors (Lipinski definition) is 5. The summed E-state index contributed by atoms with van der Waals surface area (Å²) in [5, 5.41) is 3.25. The molecule has 2 rings (SSSR count). The smallest absolute Gasteiger partial charge is 0.244 e. The van der Waals surface area contributed by atoms with Gasteiger partial charge in [-0.2, -0.15) is 0 Å². The minimum atomic E-state index is -3.40. The van der Waals surface area contributed by atoms with E-state index in [2.05, 4.69) is 10.3 Å². The summed E-state index contributed by atoms with van der Waals surface area (Å²) >= 11 is 0. The van der Waals surface area contributed by atoms with Crippen LogP contribution in [-0.2, 0) is 14.8 Å². The molecular weight excluding hydrogens is 266 g/mol. The number of rotatable bonds is 5. The summed E-state index contributed by atoms with van der Waals surface area (Å²) < 4.78 is 30.1. The van der Waals surface area contributed by atoms with Crippen molar-refractivity contribution in [2.24, 2.45) is 0 Å². The van der Waals surface area contributed by atoms with Crippen LogP contribution >= 0.6 is 0 Å². The lowest BCUT2D eigenvalue weighted by Crippen LogP contribution is -2.40. The molecule has 106 valence electrons. The van der Waals surface area contributed by atoms with Gasteiger partial charge in [0, 0.05) is 33.4 Å². The first kappa shape index (κ1) is 14.2. The minimum absolute atomic E-state index is 0.200. The van der Waals surface area contributed by atoms with E-state index in [0.29, 0.717) is 18.0 Å². The van der Waals surface area contributed by atoms with Gasteiger partial charge in [-0.3, -0.25) is 0 Å². The topological polar surface area (TPSA) is 71.5 Å². The molecule has 0 spiro atoms. The summed E-state index contributed by atoms with van der Waals surface area (Å²) in [6, 6.07) is 3.61. The van der Waals surface area contributed by atoms with Crippen molar-refractivity contribution in [1.29, 1.82) is 0 Å². The average molecular weight is 285 g/mol. The van der Waals surface area contributed by atoms with Crippen LogP contribution in [0.15, 0.2) is 23.2 Å². The molecule has 1 aliphatic rings. The van der Waals surface area contributed by atoms with Crippen LogP contribution in [0.4, 0.5) is 5.82 Å². The Bertz CT molecular complexity index is 522. The number of hydrogen-bond donors (Lipinski definition) is 1. The van der Waals surface area contributed by atoms with Crippen LogP contribution in [-0.4, -0.2) is 51.1 Å². The molecule has 19 heavy (non-hydrogen) atoms. The molecule has 1 N–H and O–H groups in total. The average Bonchev–Trinajstić information content (AvgIpc) is 2.33. The molecule has 7 heteroatoms. The van der Waals surface area contributed by atoms with Gasteiger partial charge in [-0.05, 0) is 25.0 Å². The van der Waals surface area contributed by atoms with Gasteiger partial charge in [0.1, 0.15) is 10.7 Å². The molecule has 1 fully saturated rings. The summed E-state index contributed by atoms with van der Waals surface area (Å²) in [6.45, 7) is 0.